The molecule has 2 heteroatoms. The normalized spacial score (nSPS) is 18.1. The van der Waals surface area contributed by atoms with Crippen LogP contribution in [0.4, 0.5) is 3.89 Å². The van der Waals surface area contributed by atoms with Crippen LogP contribution in [0.15, 0.2) is 0 Å². The molecule has 1 saturated carbocycles. The molecule has 0 aromatic heterocycles. The predicted octanol–water partition coefficient (Wildman–Crippen LogP) is 7.23. The van der Waals surface area contributed by atoms with Crippen molar-refractivity contribution in [2.24, 2.45) is 5.92 Å². The summed E-state index contributed by atoms with van der Waals surface area (Å²) in [5, 5.41) is 3.36. The molecular formula is C18H37FS. The Morgan fingerprint density at radius 1 is 0.900 bits per heavy atom. The van der Waals surface area contributed by atoms with Crippen LogP contribution in [-0.2, 0) is 0 Å². The Bertz CT molecular complexity index is 355. The zero-order valence-corrected chi connectivity index (χ0v) is 15.9. The zero-order valence-electron chi connectivity index (χ0n) is 15.1. The average molecular weight is 305 g/mol. The Morgan fingerprint density at radius 3 is 1.65 bits per heavy atom. The largest absolute Gasteiger partial charge is 0.177 e. The number of rotatable bonds is 1. The molecule has 0 unspecified atom stereocenters. The third-order valence-corrected chi connectivity index (χ3v) is 7.92. The highest BCUT2D eigenvalue weighted by Crippen LogP contribution is 2.58. The smallest absolute Gasteiger partial charge is 0.0281 e. The predicted molar refractivity (Wildman–Crippen MR) is 94.6 cm³/mol. The van der Waals surface area contributed by atoms with E-state index in [0.29, 0.717) is 5.92 Å². The maximum Gasteiger partial charge on any atom is 0.0281 e. The Morgan fingerprint density at radius 2 is 1.30 bits per heavy atom. The van der Waals surface area contributed by atoms with E-state index < -0.39 is 9.82 Å². The molecule has 0 aliphatic heterocycles. The van der Waals surface area contributed by atoms with E-state index in [0.717, 1.165) is 6.42 Å². The van der Waals surface area contributed by atoms with Crippen LogP contribution in [0.3, 0.4) is 0 Å². The summed E-state index contributed by atoms with van der Waals surface area (Å²) in [6.45, 7) is 16.2. The first-order chi connectivity index (χ1) is 9.08. The molecule has 20 heavy (non-hydrogen) atoms. The molecule has 0 heterocycles. The number of hydrogen-bond acceptors (Lipinski definition) is 0. The molecule has 0 aromatic rings. The van der Waals surface area contributed by atoms with Gasteiger partial charge in [0, 0.05) is 15.9 Å². The molecule has 0 amide bonds. The second-order valence-electron chi connectivity index (χ2n) is 7.61. The van der Waals surface area contributed by atoms with Crippen LogP contribution < -0.4 is 0 Å². The van der Waals surface area contributed by atoms with Crippen molar-refractivity contribution in [2.45, 2.75) is 103 Å². The summed E-state index contributed by atoms with van der Waals surface area (Å²) in [6, 6.07) is 0. The Balaban J connectivity index is 0.00000172. The lowest BCUT2D eigenvalue weighted by molar-refractivity contribution is 0.365. The second kappa shape index (κ2) is 7.90. The summed E-state index contributed by atoms with van der Waals surface area (Å²) >= 11 is 0. The van der Waals surface area contributed by atoms with Crippen molar-refractivity contribution < 1.29 is 3.89 Å². The van der Waals surface area contributed by atoms with Crippen LogP contribution in [0.25, 0.3) is 0 Å². The molecule has 1 aliphatic carbocycles. The van der Waals surface area contributed by atoms with Crippen LogP contribution in [0, 0.1) is 11.1 Å². The van der Waals surface area contributed by atoms with Crippen molar-refractivity contribution in [3.8, 4) is 5.18 Å². The van der Waals surface area contributed by atoms with Crippen molar-refractivity contribution in [3.63, 3.8) is 0 Å². The van der Waals surface area contributed by atoms with E-state index in [1.54, 1.807) is 0 Å². The SMILES string of the molecule is CC.CC(C)(C)S(F)(#CCC1CCCCC1)C(C)(C)C. The van der Waals surface area contributed by atoms with Gasteiger partial charge in [0.2, 0.25) is 0 Å². The average Bonchev–Trinajstić information content (AvgIpc) is 2.37. The summed E-state index contributed by atoms with van der Waals surface area (Å²) in [5.74, 6) is 0.686. The fraction of sp³-hybridized carbons (Fsp3) is 0.944. The lowest BCUT2D eigenvalue weighted by Gasteiger charge is -2.40. The van der Waals surface area contributed by atoms with Gasteiger partial charge in [0.15, 0.2) is 0 Å². The van der Waals surface area contributed by atoms with E-state index in [2.05, 4.69) is 5.18 Å². The van der Waals surface area contributed by atoms with Crippen LogP contribution in [0.1, 0.15) is 93.9 Å². The van der Waals surface area contributed by atoms with Gasteiger partial charge in [-0.3, -0.25) is 0 Å². The molecule has 0 bridgehead atoms. The van der Waals surface area contributed by atoms with Crippen LogP contribution in [0.2, 0.25) is 0 Å². The minimum absolute atomic E-state index is 0.306. The Kier molecular flexibility index (Phi) is 7.92. The molecule has 1 aliphatic rings. The first-order valence-corrected chi connectivity index (χ1v) is 9.88. The van der Waals surface area contributed by atoms with Gasteiger partial charge in [-0.25, -0.2) is 0 Å². The summed E-state index contributed by atoms with van der Waals surface area (Å²) in [7, 11) is -2.32. The topological polar surface area (TPSA) is 0 Å². The molecule has 0 spiro atoms. The third-order valence-electron chi connectivity index (χ3n) is 3.98. The van der Waals surface area contributed by atoms with Gasteiger partial charge in [0.25, 0.3) is 0 Å². The van der Waals surface area contributed by atoms with Crippen molar-refractivity contribution in [1.82, 2.24) is 0 Å². The minimum atomic E-state index is -2.32. The van der Waals surface area contributed by atoms with Gasteiger partial charge in [-0.2, -0.15) is 3.89 Å². The van der Waals surface area contributed by atoms with E-state index in [9.17, 15) is 0 Å². The molecule has 1 fully saturated rings. The van der Waals surface area contributed by atoms with E-state index in [4.69, 9.17) is 0 Å². The molecule has 1 rings (SSSR count). The minimum Gasteiger partial charge on any atom is -0.177 e. The fourth-order valence-electron chi connectivity index (χ4n) is 2.98. The van der Waals surface area contributed by atoms with E-state index >= 15 is 3.89 Å². The van der Waals surface area contributed by atoms with Gasteiger partial charge in [-0.1, -0.05) is 38.3 Å². The highest BCUT2D eigenvalue weighted by atomic mass is 32.3. The quantitative estimate of drug-likeness (QED) is 0.479. The first kappa shape index (κ1) is 20.1. The summed E-state index contributed by atoms with van der Waals surface area (Å²) in [5.41, 5.74) is 0. The van der Waals surface area contributed by atoms with Crippen molar-refractivity contribution >= 4 is 9.82 Å². The van der Waals surface area contributed by atoms with E-state index in [-0.39, 0.29) is 9.49 Å². The van der Waals surface area contributed by atoms with Gasteiger partial charge < -0.3 is 0 Å². The first-order valence-electron chi connectivity index (χ1n) is 8.34. The molecule has 0 nitrogen and oxygen atoms in total. The Hall–Kier alpha value is 0.0600. The highest BCUT2D eigenvalue weighted by Gasteiger charge is 2.38. The number of hydrogen-bond donors (Lipinski definition) is 0. The lowest BCUT2D eigenvalue weighted by Crippen LogP contribution is -2.28. The second-order valence-corrected chi connectivity index (χ2v) is 11.4. The third kappa shape index (κ3) is 5.11. The lowest BCUT2D eigenvalue weighted by atomic mass is 9.88. The van der Waals surface area contributed by atoms with E-state index in [1.165, 1.54) is 32.1 Å². The monoisotopic (exact) mass is 304 g/mol. The molecule has 0 N–H and O–H groups in total. The molecule has 0 atom stereocenters. The molecule has 122 valence electrons. The van der Waals surface area contributed by atoms with Crippen LogP contribution in [-0.4, -0.2) is 9.49 Å². The van der Waals surface area contributed by atoms with Gasteiger partial charge in [-0.05, 0) is 70.1 Å². The maximum atomic E-state index is 15.5. The summed E-state index contributed by atoms with van der Waals surface area (Å²) in [6.07, 6.45) is 7.43. The fourth-order valence-corrected chi connectivity index (χ4v) is 6.14. The van der Waals surface area contributed by atoms with Gasteiger partial charge in [0.1, 0.15) is 0 Å². The molecular weight excluding hydrogens is 267 g/mol. The van der Waals surface area contributed by atoms with Crippen molar-refractivity contribution in [3.05, 3.63) is 0 Å². The van der Waals surface area contributed by atoms with Gasteiger partial charge in [-0.15, -0.1) is 0 Å². The maximum absolute atomic E-state index is 15.5. The van der Waals surface area contributed by atoms with Gasteiger partial charge >= 0.3 is 0 Å². The Labute approximate surface area is 128 Å². The van der Waals surface area contributed by atoms with Crippen molar-refractivity contribution in [1.29, 1.82) is 0 Å². The highest BCUT2D eigenvalue weighted by molar-refractivity contribution is 8.22. The summed E-state index contributed by atoms with van der Waals surface area (Å²) in [4.78, 5) is 0. The molecule has 0 saturated heterocycles. The zero-order chi connectivity index (χ0) is 16.0. The van der Waals surface area contributed by atoms with Crippen LogP contribution in [0.5, 0.6) is 0 Å². The van der Waals surface area contributed by atoms with E-state index in [1.807, 2.05) is 55.4 Å². The molecule has 0 aromatic carbocycles. The van der Waals surface area contributed by atoms with Crippen LogP contribution >= 0.6 is 9.82 Å². The van der Waals surface area contributed by atoms with Crippen molar-refractivity contribution in [2.75, 3.05) is 0 Å². The van der Waals surface area contributed by atoms with Gasteiger partial charge in [0.05, 0.1) is 0 Å². The number of halogens is 1. The molecule has 0 radical (unpaired) electrons. The summed E-state index contributed by atoms with van der Waals surface area (Å²) < 4.78 is 14.9. The standard InChI is InChI=1S/C16H31FS.C2H6/c1-15(2,3)18(17,16(4,5)6)13-12-14-10-8-7-9-11-14;1-2/h14H,7-12H2,1-6H3;1-2H3.